The molecular formula is C8H14N4O2S. The van der Waals surface area contributed by atoms with Crippen molar-refractivity contribution < 1.29 is 8.42 Å². The molecule has 84 valence electrons. The highest BCUT2D eigenvalue weighted by atomic mass is 32.2. The van der Waals surface area contributed by atoms with E-state index in [1.54, 1.807) is 25.1 Å². The lowest BCUT2D eigenvalue weighted by molar-refractivity contribution is 0.591. The highest BCUT2D eigenvalue weighted by molar-refractivity contribution is 7.90. The molecule has 0 saturated carbocycles. The lowest BCUT2D eigenvalue weighted by atomic mass is 10.4. The van der Waals surface area contributed by atoms with E-state index in [2.05, 4.69) is 9.97 Å². The standard InChI is InChI=1S/C8H14N4O2S/c1-12(2)7-4-6(5-9)10-8(11-7)15(3,13)14/h4H,5,9H2,1-3H3. The van der Waals surface area contributed by atoms with Crippen molar-refractivity contribution in [3.05, 3.63) is 11.8 Å². The molecule has 0 fully saturated rings. The number of sulfone groups is 1. The number of hydrogen-bond acceptors (Lipinski definition) is 6. The number of hydrogen-bond donors (Lipinski definition) is 1. The Bertz CT molecular complexity index is 456. The summed E-state index contributed by atoms with van der Waals surface area (Å²) in [6.07, 6.45) is 1.07. The Kier molecular flexibility index (Phi) is 3.25. The van der Waals surface area contributed by atoms with Gasteiger partial charge in [-0.25, -0.2) is 18.4 Å². The van der Waals surface area contributed by atoms with E-state index in [9.17, 15) is 8.42 Å². The molecule has 0 aliphatic rings. The van der Waals surface area contributed by atoms with Gasteiger partial charge in [-0.15, -0.1) is 0 Å². The van der Waals surface area contributed by atoms with Gasteiger partial charge in [-0.2, -0.15) is 0 Å². The van der Waals surface area contributed by atoms with Gasteiger partial charge in [-0.3, -0.25) is 0 Å². The maximum Gasteiger partial charge on any atom is 0.249 e. The zero-order valence-electron chi connectivity index (χ0n) is 8.93. The molecule has 0 aliphatic carbocycles. The van der Waals surface area contributed by atoms with Crippen molar-refractivity contribution in [2.45, 2.75) is 11.7 Å². The predicted octanol–water partition coefficient (Wildman–Crippen LogP) is -0.595. The Morgan fingerprint density at radius 3 is 2.40 bits per heavy atom. The summed E-state index contributed by atoms with van der Waals surface area (Å²) >= 11 is 0. The minimum Gasteiger partial charge on any atom is -0.363 e. The zero-order valence-corrected chi connectivity index (χ0v) is 9.74. The summed E-state index contributed by atoms with van der Waals surface area (Å²) in [7, 11) is 0.149. The Hall–Kier alpha value is -1.21. The van der Waals surface area contributed by atoms with Gasteiger partial charge in [0.25, 0.3) is 0 Å². The molecule has 0 saturated heterocycles. The van der Waals surface area contributed by atoms with E-state index in [0.29, 0.717) is 11.5 Å². The van der Waals surface area contributed by atoms with Gasteiger partial charge in [-0.05, 0) is 0 Å². The smallest absolute Gasteiger partial charge is 0.249 e. The number of aromatic nitrogens is 2. The van der Waals surface area contributed by atoms with E-state index in [0.717, 1.165) is 6.26 Å². The van der Waals surface area contributed by atoms with Gasteiger partial charge in [0.05, 0.1) is 5.69 Å². The third kappa shape index (κ3) is 2.87. The van der Waals surface area contributed by atoms with E-state index in [1.165, 1.54) is 0 Å². The SMILES string of the molecule is CN(C)c1cc(CN)nc(S(C)(=O)=O)n1. The third-order valence-corrected chi connectivity index (χ3v) is 2.59. The summed E-state index contributed by atoms with van der Waals surface area (Å²) in [5.74, 6) is 0.533. The largest absolute Gasteiger partial charge is 0.363 e. The van der Waals surface area contributed by atoms with Crippen molar-refractivity contribution in [2.75, 3.05) is 25.3 Å². The highest BCUT2D eigenvalue weighted by Gasteiger charge is 2.14. The third-order valence-electron chi connectivity index (χ3n) is 1.74. The summed E-state index contributed by atoms with van der Waals surface area (Å²) in [5.41, 5.74) is 5.94. The van der Waals surface area contributed by atoms with Gasteiger partial charge in [0, 0.05) is 33.0 Å². The second-order valence-electron chi connectivity index (χ2n) is 3.37. The Balaban J connectivity index is 3.36. The molecule has 15 heavy (non-hydrogen) atoms. The number of nitrogens with two attached hydrogens (primary N) is 1. The Morgan fingerprint density at radius 2 is 2.00 bits per heavy atom. The van der Waals surface area contributed by atoms with E-state index < -0.39 is 9.84 Å². The van der Waals surface area contributed by atoms with Crippen LogP contribution < -0.4 is 10.6 Å². The fourth-order valence-electron chi connectivity index (χ4n) is 0.959. The molecule has 0 bridgehead atoms. The molecule has 0 radical (unpaired) electrons. The molecule has 1 aromatic heterocycles. The molecule has 2 N–H and O–H groups in total. The highest BCUT2D eigenvalue weighted by Crippen LogP contribution is 2.12. The van der Waals surface area contributed by atoms with Gasteiger partial charge in [0.1, 0.15) is 5.82 Å². The van der Waals surface area contributed by atoms with Crippen LogP contribution in [-0.4, -0.2) is 38.7 Å². The number of anilines is 1. The van der Waals surface area contributed by atoms with Gasteiger partial charge < -0.3 is 10.6 Å². The summed E-state index contributed by atoms with van der Waals surface area (Å²) < 4.78 is 22.6. The molecule has 1 heterocycles. The Labute approximate surface area is 89.1 Å². The van der Waals surface area contributed by atoms with Crippen molar-refractivity contribution in [3.8, 4) is 0 Å². The van der Waals surface area contributed by atoms with Gasteiger partial charge >= 0.3 is 0 Å². The topological polar surface area (TPSA) is 89.2 Å². The minimum absolute atomic E-state index is 0.186. The zero-order chi connectivity index (χ0) is 11.6. The quantitative estimate of drug-likeness (QED) is 0.698. The van der Waals surface area contributed by atoms with Crippen LogP contribution in [0.2, 0.25) is 0 Å². The fraction of sp³-hybridized carbons (Fsp3) is 0.500. The number of nitrogens with zero attached hydrogens (tertiary/aromatic N) is 3. The Morgan fingerprint density at radius 1 is 1.40 bits per heavy atom. The molecule has 0 aliphatic heterocycles. The van der Waals surface area contributed by atoms with Crippen molar-refractivity contribution in [1.82, 2.24) is 9.97 Å². The first-order valence-corrected chi connectivity index (χ1v) is 6.19. The lowest BCUT2D eigenvalue weighted by Gasteiger charge is -2.12. The molecule has 1 aromatic rings. The van der Waals surface area contributed by atoms with Crippen LogP contribution in [0.4, 0.5) is 5.82 Å². The molecule has 0 aromatic carbocycles. The number of rotatable bonds is 3. The molecular weight excluding hydrogens is 216 g/mol. The van der Waals surface area contributed by atoms with Crippen LogP contribution >= 0.6 is 0 Å². The molecule has 0 atom stereocenters. The van der Waals surface area contributed by atoms with Crippen molar-refractivity contribution in [3.63, 3.8) is 0 Å². The van der Waals surface area contributed by atoms with E-state index in [4.69, 9.17) is 5.73 Å². The van der Waals surface area contributed by atoms with Crippen LogP contribution in [0.25, 0.3) is 0 Å². The summed E-state index contributed by atoms with van der Waals surface area (Å²) in [6.45, 7) is 0.186. The second-order valence-corrected chi connectivity index (χ2v) is 5.28. The second kappa shape index (κ2) is 4.11. The first-order valence-electron chi connectivity index (χ1n) is 4.30. The first kappa shape index (κ1) is 11.9. The normalized spacial score (nSPS) is 11.5. The van der Waals surface area contributed by atoms with Crippen molar-refractivity contribution >= 4 is 15.7 Å². The molecule has 0 amide bonds. The molecule has 6 nitrogen and oxygen atoms in total. The molecule has 7 heteroatoms. The van der Waals surface area contributed by atoms with Crippen LogP contribution in [0.15, 0.2) is 11.2 Å². The van der Waals surface area contributed by atoms with Crippen LogP contribution in [-0.2, 0) is 16.4 Å². The minimum atomic E-state index is -3.40. The molecule has 0 spiro atoms. The van der Waals surface area contributed by atoms with E-state index in [-0.39, 0.29) is 11.7 Å². The summed E-state index contributed by atoms with van der Waals surface area (Å²) in [6, 6.07) is 1.66. The lowest BCUT2D eigenvalue weighted by Crippen LogP contribution is -2.16. The van der Waals surface area contributed by atoms with E-state index in [1.807, 2.05) is 0 Å². The van der Waals surface area contributed by atoms with Crippen LogP contribution in [0, 0.1) is 0 Å². The van der Waals surface area contributed by atoms with Gasteiger partial charge in [0.15, 0.2) is 0 Å². The predicted molar refractivity (Wildman–Crippen MR) is 57.4 cm³/mol. The average Bonchev–Trinajstić information content (AvgIpc) is 2.15. The van der Waals surface area contributed by atoms with Crippen molar-refractivity contribution in [2.24, 2.45) is 5.73 Å². The van der Waals surface area contributed by atoms with Gasteiger partial charge in [0.2, 0.25) is 15.0 Å². The van der Waals surface area contributed by atoms with Gasteiger partial charge in [-0.1, -0.05) is 0 Å². The van der Waals surface area contributed by atoms with E-state index >= 15 is 0 Å². The summed E-state index contributed by atoms with van der Waals surface area (Å²) in [4.78, 5) is 9.48. The van der Waals surface area contributed by atoms with Crippen LogP contribution in [0.5, 0.6) is 0 Å². The first-order chi connectivity index (χ1) is 6.84. The van der Waals surface area contributed by atoms with Crippen LogP contribution in [0.1, 0.15) is 5.69 Å². The monoisotopic (exact) mass is 230 g/mol. The maximum atomic E-state index is 11.3. The molecule has 0 unspecified atom stereocenters. The summed E-state index contributed by atoms with van der Waals surface area (Å²) in [5, 5.41) is -0.186. The van der Waals surface area contributed by atoms with Crippen LogP contribution in [0.3, 0.4) is 0 Å². The fourth-order valence-corrected chi connectivity index (χ4v) is 1.50. The average molecular weight is 230 g/mol. The maximum absolute atomic E-state index is 11.3. The van der Waals surface area contributed by atoms with Crippen molar-refractivity contribution in [1.29, 1.82) is 0 Å². The molecule has 1 rings (SSSR count).